The van der Waals surface area contributed by atoms with E-state index in [1.165, 1.54) is 31.2 Å². The lowest BCUT2D eigenvalue weighted by Gasteiger charge is -2.35. The molecule has 3 heteroatoms. The maximum atomic E-state index is 5.97. The molecule has 1 aromatic carbocycles. The lowest BCUT2D eigenvalue weighted by atomic mass is 9.90. The summed E-state index contributed by atoms with van der Waals surface area (Å²) in [7, 11) is 0. The van der Waals surface area contributed by atoms with Gasteiger partial charge in [-0.05, 0) is 37.8 Å². The zero-order valence-corrected chi connectivity index (χ0v) is 12.0. The van der Waals surface area contributed by atoms with Crippen molar-refractivity contribution in [2.24, 2.45) is 5.73 Å². The summed E-state index contributed by atoms with van der Waals surface area (Å²) in [6.45, 7) is 4.48. The molecule has 0 spiro atoms. The van der Waals surface area contributed by atoms with Gasteiger partial charge in [-0.15, -0.1) is 12.4 Å². The molecule has 0 amide bonds. The highest BCUT2D eigenvalue weighted by Crippen LogP contribution is 2.23. The molecule has 2 N–H and O–H groups in total. The summed E-state index contributed by atoms with van der Waals surface area (Å²) in [6.07, 6.45) is 4.91. The van der Waals surface area contributed by atoms with E-state index in [9.17, 15) is 0 Å². The molecular weight excluding hydrogens is 244 g/mol. The number of hydrogen-bond acceptors (Lipinski definition) is 2. The molecule has 1 fully saturated rings. The molecule has 0 unspecified atom stereocenters. The lowest BCUT2D eigenvalue weighted by Crippen LogP contribution is -2.40. The molecule has 102 valence electrons. The number of hydrogen-bond donors (Lipinski definition) is 1. The number of rotatable bonds is 4. The molecule has 2 rings (SSSR count). The van der Waals surface area contributed by atoms with Crippen LogP contribution in [0, 0.1) is 0 Å². The zero-order chi connectivity index (χ0) is 12.1. The average molecular weight is 269 g/mol. The maximum absolute atomic E-state index is 5.97. The fraction of sp³-hybridized carbons (Fsp3) is 0.600. The molecule has 0 bridgehead atoms. The van der Waals surface area contributed by atoms with Crippen LogP contribution in [0.4, 0.5) is 0 Å². The second-order valence-electron chi connectivity index (χ2n) is 5.12. The van der Waals surface area contributed by atoms with Gasteiger partial charge in [-0.3, -0.25) is 4.90 Å². The highest BCUT2D eigenvalue weighted by molar-refractivity contribution is 5.85. The summed E-state index contributed by atoms with van der Waals surface area (Å²) >= 11 is 0. The first kappa shape index (κ1) is 15.5. The standard InChI is InChI=1S/C15H24N2.ClH/c1-2-17(12-13-6-4-3-5-7-13)15-10-8-14(16)9-11-15;/h3-7,14-15H,2,8-12,16H2,1H3;1H. The Labute approximate surface area is 117 Å². The number of nitrogens with two attached hydrogens (primary N) is 1. The summed E-state index contributed by atoms with van der Waals surface area (Å²) < 4.78 is 0. The Morgan fingerprint density at radius 2 is 1.72 bits per heavy atom. The topological polar surface area (TPSA) is 29.3 Å². The van der Waals surface area contributed by atoms with E-state index in [0.29, 0.717) is 6.04 Å². The fourth-order valence-electron chi connectivity index (χ4n) is 2.78. The van der Waals surface area contributed by atoms with Crippen LogP contribution >= 0.6 is 12.4 Å². The second-order valence-corrected chi connectivity index (χ2v) is 5.12. The third kappa shape index (κ3) is 4.27. The summed E-state index contributed by atoms with van der Waals surface area (Å²) in [4.78, 5) is 2.60. The molecule has 0 aliphatic heterocycles. The van der Waals surface area contributed by atoms with E-state index < -0.39 is 0 Å². The van der Waals surface area contributed by atoms with Crippen molar-refractivity contribution in [2.45, 2.75) is 51.2 Å². The quantitative estimate of drug-likeness (QED) is 0.909. The first-order valence-electron chi connectivity index (χ1n) is 6.83. The molecule has 0 heterocycles. The van der Waals surface area contributed by atoms with Crippen LogP contribution in [0.3, 0.4) is 0 Å². The van der Waals surface area contributed by atoms with Crippen molar-refractivity contribution in [2.75, 3.05) is 6.54 Å². The minimum atomic E-state index is 0. The van der Waals surface area contributed by atoms with Gasteiger partial charge in [0, 0.05) is 18.6 Å². The Bertz CT molecular complexity index is 321. The van der Waals surface area contributed by atoms with Crippen LogP contribution in [0.1, 0.15) is 38.2 Å². The number of benzene rings is 1. The van der Waals surface area contributed by atoms with Gasteiger partial charge in [0.1, 0.15) is 0 Å². The Morgan fingerprint density at radius 3 is 2.28 bits per heavy atom. The summed E-state index contributed by atoms with van der Waals surface area (Å²) in [6, 6.07) is 12.0. The first-order valence-corrected chi connectivity index (χ1v) is 6.83. The normalized spacial score (nSPS) is 23.7. The SMILES string of the molecule is CCN(Cc1ccccc1)C1CCC(N)CC1.Cl. The second kappa shape index (κ2) is 7.78. The summed E-state index contributed by atoms with van der Waals surface area (Å²) in [5.74, 6) is 0. The zero-order valence-electron chi connectivity index (χ0n) is 11.2. The molecule has 1 saturated carbocycles. The van der Waals surface area contributed by atoms with E-state index in [0.717, 1.165) is 19.1 Å². The van der Waals surface area contributed by atoms with Gasteiger partial charge in [-0.1, -0.05) is 37.3 Å². The lowest BCUT2D eigenvalue weighted by molar-refractivity contribution is 0.149. The van der Waals surface area contributed by atoms with E-state index in [2.05, 4.69) is 42.2 Å². The van der Waals surface area contributed by atoms with Crippen LogP contribution in [0.5, 0.6) is 0 Å². The Balaban J connectivity index is 0.00000162. The molecule has 18 heavy (non-hydrogen) atoms. The minimum absolute atomic E-state index is 0. The summed E-state index contributed by atoms with van der Waals surface area (Å²) in [5.41, 5.74) is 7.39. The Morgan fingerprint density at radius 1 is 1.11 bits per heavy atom. The molecule has 1 aromatic rings. The molecule has 0 atom stereocenters. The van der Waals surface area contributed by atoms with E-state index in [4.69, 9.17) is 5.73 Å². The Hall–Kier alpha value is -0.570. The van der Waals surface area contributed by atoms with Crippen LogP contribution < -0.4 is 5.73 Å². The van der Waals surface area contributed by atoms with Crippen LogP contribution in [0.2, 0.25) is 0 Å². The van der Waals surface area contributed by atoms with Gasteiger partial charge in [0.25, 0.3) is 0 Å². The molecular formula is C15H25ClN2. The van der Waals surface area contributed by atoms with E-state index in [1.54, 1.807) is 0 Å². The fourth-order valence-corrected chi connectivity index (χ4v) is 2.78. The number of nitrogens with zero attached hydrogens (tertiary/aromatic N) is 1. The van der Waals surface area contributed by atoms with Crippen molar-refractivity contribution in [1.82, 2.24) is 4.90 Å². The highest BCUT2D eigenvalue weighted by atomic mass is 35.5. The highest BCUT2D eigenvalue weighted by Gasteiger charge is 2.23. The maximum Gasteiger partial charge on any atom is 0.0236 e. The van der Waals surface area contributed by atoms with Crippen LogP contribution in [0.25, 0.3) is 0 Å². The van der Waals surface area contributed by atoms with Crippen LogP contribution in [-0.2, 0) is 6.54 Å². The Kier molecular flexibility index (Phi) is 6.69. The van der Waals surface area contributed by atoms with Crippen molar-refractivity contribution >= 4 is 12.4 Å². The van der Waals surface area contributed by atoms with Crippen LogP contribution in [-0.4, -0.2) is 23.5 Å². The van der Waals surface area contributed by atoms with E-state index >= 15 is 0 Å². The summed E-state index contributed by atoms with van der Waals surface area (Å²) in [5, 5.41) is 0. The molecule has 0 radical (unpaired) electrons. The predicted octanol–water partition coefficient (Wildman–Crippen LogP) is 3.20. The van der Waals surface area contributed by atoms with Crippen molar-refractivity contribution < 1.29 is 0 Å². The minimum Gasteiger partial charge on any atom is -0.328 e. The van der Waals surface area contributed by atoms with Gasteiger partial charge in [-0.25, -0.2) is 0 Å². The van der Waals surface area contributed by atoms with Crippen molar-refractivity contribution in [3.05, 3.63) is 35.9 Å². The smallest absolute Gasteiger partial charge is 0.0236 e. The molecule has 1 aliphatic carbocycles. The third-order valence-corrected chi connectivity index (χ3v) is 3.89. The first-order chi connectivity index (χ1) is 8.29. The van der Waals surface area contributed by atoms with Crippen molar-refractivity contribution in [3.63, 3.8) is 0 Å². The third-order valence-electron chi connectivity index (χ3n) is 3.89. The van der Waals surface area contributed by atoms with Crippen molar-refractivity contribution in [3.8, 4) is 0 Å². The van der Waals surface area contributed by atoms with E-state index in [1.807, 2.05) is 0 Å². The predicted molar refractivity (Wildman–Crippen MR) is 80.0 cm³/mol. The van der Waals surface area contributed by atoms with Crippen LogP contribution in [0.15, 0.2) is 30.3 Å². The van der Waals surface area contributed by atoms with Gasteiger partial charge in [0.2, 0.25) is 0 Å². The molecule has 1 aliphatic rings. The van der Waals surface area contributed by atoms with Crippen molar-refractivity contribution in [1.29, 1.82) is 0 Å². The van der Waals surface area contributed by atoms with Gasteiger partial charge in [0.05, 0.1) is 0 Å². The molecule has 2 nitrogen and oxygen atoms in total. The number of halogens is 1. The average Bonchev–Trinajstić information content (AvgIpc) is 2.38. The molecule has 0 aromatic heterocycles. The largest absolute Gasteiger partial charge is 0.328 e. The van der Waals surface area contributed by atoms with E-state index in [-0.39, 0.29) is 12.4 Å². The van der Waals surface area contributed by atoms with Gasteiger partial charge in [-0.2, -0.15) is 0 Å². The van der Waals surface area contributed by atoms with Gasteiger partial charge >= 0.3 is 0 Å². The monoisotopic (exact) mass is 268 g/mol. The molecule has 0 saturated heterocycles. The van der Waals surface area contributed by atoms with Gasteiger partial charge < -0.3 is 5.73 Å². The van der Waals surface area contributed by atoms with Gasteiger partial charge in [0.15, 0.2) is 0 Å².